The molecule has 0 saturated heterocycles. The van der Waals surface area contributed by atoms with Gasteiger partial charge in [-0.05, 0) is 17.7 Å². The Labute approximate surface area is 148 Å². The van der Waals surface area contributed by atoms with Gasteiger partial charge in [0.2, 0.25) is 5.91 Å². The second-order valence-electron chi connectivity index (χ2n) is 5.67. The molecular formula is C18H16N4O4. The molecular weight excluding hydrogens is 336 g/mol. The summed E-state index contributed by atoms with van der Waals surface area (Å²) in [6.07, 6.45) is 0.180. The van der Waals surface area contributed by atoms with Crippen molar-refractivity contribution in [3.05, 3.63) is 70.5 Å². The fourth-order valence-corrected chi connectivity index (χ4v) is 2.61. The maximum Gasteiger partial charge on any atom is 0.322 e. The van der Waals surface area contributed by atoms with Gasteiger partial charge in [0.25, 0.3) is 5.56 Å². The number of rotatable bonds is 6. The number of hydrogen-bond donors (Lipinski definition) is 2. The molecule has 1 heterocycles. The SMILES string of the molecule is O=C(O)CNC(=O)C(Cc1ccccc1)n1nnc2ccccc2c1=O. The Bertz CT molecular complexity index is 1000. The number of carboxylic acids is 1. The second-order valence-corrected chi connectivity index (χ2v) is 5.67. The molecule has 132 valence electrons. The van der Waals surface area contributed by atoms with Gasteiger partial charge in [-0.15, -0.1) is 5.10 Å². The molecule has 2 N–H and O–H groups in total. The first-order chi connectivity index (χ1) is 12.6. The first-order valence-electron chi connectivity index (χ1n) is 7.94. The van der Waals surface area contributed by atoms with Crippen LogP contribution in [0.15, 0.2) is 59.4 Å². The summed E-state index contributed by atoms with van der Waals surface area (Å²) in [6.45, 7) is -0.542. The summed E-state index contributed by atoms with van der Waals surface area (Å²) < 4.78 is 1.01. The third kappa shape index (κ3) is 3.75. The van der Waals surface area contributed by atoms with Gasteiger partial charge in [-0.1, -0.05) is 47.7 Å². The van der Waals surface area contributed by atoms with Crippen molar-refractivity contribution in [1.82, 2.24) is 20.3 Å². The predicted octanol–water partition coefficient (Wildman–Crippen LogP) is 0.776. The van der Waals surface area contributed by atoms with E-state index in [1.165, 1.54) is 0 Å². The molecule has 0 saturated carbocycles. The van der Waals surface area contributed by atoms with Gasteiger partial charge >= 0.3 is 5.97 Å². The van der Waals surface area contributed by atoms with Crippen LogP contribution in [-0.2, 0) is 16.0 Å². The summed E-state index contributed by atoms with van der Waals surface area (Å²) >= 11 is 0. The van der Waals surface area contributed by atoms with Gasteiger partial charge in [0, 0.05) is 6.42 Å². The first-order valence-corrected chi connectivity index (χ1v) is 7.94. The van der Waals surface area contributed by atoms with Crippen LogP contribution in [0.3, 0.4) is 0 Å². The molecule has 8 nitrogen and oxygen atoms in total. The van der Waals surface area contributed by atoms with E-state index in [0.29, 0.717) is 10.9 Å². The molecule has 1 amide bonds. The second kappa shape index (κ2) is 7.56. The van der Waals surface area contributed by atoms with Crippen molar-refractivity contribution < 1.29 is 14.7 Å². The monoisotopic (exact) mass is 352 g/mol. The van der Waals surface area contributed by atoms with E-state index in [1.54, 1.807) is 24.3 Å². The minimum absolute atomic E-state index is 0.180. The van der Waals surface area contributed by atoms with Gasteiger partial charge in [0.1, 0.15) is 18.1 Å². The van der Waals surface area contributed by atoms with Crippen molar-refractivity contribution in [1.29, 1.82) is 0 Å². The number of hydrogen-bond acceptors (Lipinski definition) is 5. The molecule has 1 unspecified atom stereocenters. The van der Waals surface area contributed by atoms with E-state index in [-0.39, 0.29) is 6.42 Å². The van der Waals surface area contributed by atoms with Crippen LogP contribution in [0.1, 0.15) is 11.6 Å². The number of nitrogens with one attached hydrogen (secondary N) is 1. The number of aliphatic carboxylic acids is 1. The zero-order valence-corrected chi connectivity index (χ0v) is 13.7. The molecule has 0 aliphatic rings. The Hall–Kier alpha value is -3.55. The number of carbonyl (C=O) groups excluding carboxylic acids is 1. The zero-order chi connectivity index (χ0) is 18.5. The van der Waals surface area contributed by atoms with Gasteiger partial charge < -0.3 is 10.4 Å². The minimum Gasteiger partial charge on any atom is -0.480 e. The van der Waals surface area contributed by atoms with Crippen molar-refractivity contribution >= 4 is 22.8 Å². The number of fused-ring (bicyclic) bond motifs is 1. The molecule has 1 aromatic heterocycles. The lowest BCUT2D eigenvalue weighted by Crippen LogP contribution is -2.41. The quantitative estimate of drug-likeness (QED) is 0.677. The van der Waals surface area contributed by atoms with Crippen LogP contribution in [0.4, 0.5) is 0 Å². The van der Waals surface area contributed by atoms with Crippen LogP contribution in [0.5, 0.6) is 0 Å². The minimum atomic E-state index is -1.17. The Morgan fingerprint density at radius 2 is 1.77 bits per heavy atom. The van der Waals surface area contributed by atoms with E-state index < -0.39 is 30.0 Å². The Morgan fingerprint density at radius 3 is 2.50 bits per heavy atom. The van der Waals surface area contributed by atoms with E-state index in [9.17, 15) is 14.4 Å². The highest BCUT2D eigenvalue weighted by Crippen LogP contribution is 2.13. The summed E-state index contributed by atoms with van der Waals surface area (Å²) in [4.78, 5) is 36.1. The lowest BCUT2D eigenvalue weighted by Gasteiger charge is -2.17. The van der Waals surface area contributed by atoms with Crippen LogP contribution in [0, 0.1) is 0 Å². The average molecular weight is 352 g/mol. The van der Waals surface area contributed by atoms with E-state index in [0.717, 1.165) is 10.2 Å². The molecule has 3 rings (SSSR count). The molecule has 0 bridgehead atoms. The molecule has 2 aromatic carbocycles. The van der Waals surface area contributed by atoms with E-state index >= 15 is 0 Å². The summed E-state index contributed by atoms with van der Waals surface area (Å²) in [5.41, 5.74) is 0.782. The van der Waals surface area contributed by atoms with Gasteiger partial charge in [-0.3, -0.25) is 14.4 Å². The molecule has 0 radical (unpaired) electrons. The van der Waals surface area contributed by atoms with E-state index in [4.69, 9.17) is 5.11 Å². The Kier molecular flexibility index (Phi) is 5.02. The maximum absolute atomic E-state index is 12.8. The Balaban J connectivity index is 2.02. The number of carboxylic acid groups (broad SMARTS) is 1. The highest BCUT2D eigenvalue weighted by atomic mass is 16.4. The van der Waals surface area contributed by atoms with E-state index in [2.05, 4.69) is 15.6 Å². The molecule has 1 atom stereocenters. The summed E-state index contributed by atoms with van der Waals surface area (Å²) in [7, 11) is 0. The lowest BCUT2D eigenvalue weighted by molar-refractivity contribution is -0.138. The number of benzene rings is 2. The standard InChI is InChI=1S/C18H16N4O4/c23-16(24)11-19-17(25)15(10-12-6-2-1-3-7-12)22-18(26)13-8-4-5-9-14(13)20-21-22/h1-9,15H,10-11H2,(H,19,25)(H,23,24). The van der Waals surface area contributed by atoms with Crippen molar-refractivity contribution in [3.63, 3.8) is 0 Å². The molecule has 26 heavy (non-hydrogen) atoms. The zero-order valence-electron chi connectivity index (χ0n) is 13.7. The molecule has 8 heteroatoms. The number of aromatic nitrogens is 3. The van der Waals surface area contributed by atoms with Crippen LogP contribution in [0.2, 0.25) is 0 Å². The summed E-state index contributed by atoms with van der Waals surface area (Å²) in [5.74, 6) is -1.78. The topological polar surface area (TPSA) is 114 Å². The van der Waals surface area contributed by atoms with Gasteiger partial charge in [0.15, 0.2) is 0 Å². The lowest BCUT2D eigenvalue weighted by atomic mass is 10.1. The third-order valence-electron chi connectivity index (χ3n) is 3.87. The number of carbonyl (C=O) groups is 2. The van der Waals surface area contributed by atoms with Crippen LogP contribution < -0.4 is 10.9 Å². The van der Waals surface area contributed by atoms with Crippen molar-refractivity contribution in [2.45, 2.75) is 12.5 Å². The smallest absolute Gasteiger partial charge is 0.322 e. The van der Waals surface area contributed by atoms with Crippen LogP contribution >= 0.6 is 0 Å². The normalized spacial score (nSPS) is 11.8. The fourth-order valence-electron chi connectivity index (χ4n) is 2.61. The van der Waals surface area contributed by atoms with Gasteiger partial charge in [-0.25, -0.2) is 0 Å². The molecule has 3 aromatic rings. The number of amides is 1. The van der Waals surface area contributed by atoms with E-state index in [1.807, 2.05) is 30.3 Å². The largest absolute Gasteiger partial charge is 0.480 e. The van der Waals surface area contributed by atoms with Crippen molar-refractivity contribution in [3.8, 4) is 0 Å². The molecule has 0 fully saturated rings. The molecule has 0 aliphatic carbocycles. The molecule has 0 aliphatic heterocycles. The highest BCUT2D eigenvalue weighted by Gasteiger charge is 2.25. The molecule has 0 spiro atoms. The summed E-state index contributed by atoms with van der Waals surface area (Å²) in [6, 6.07) is 14.8. The first kappa shape index (κ1) is 17.3. The maximum atomic E-state index is 12.8. The van der Waals surface area contributed by atoms with Crippen molar-refractivity contribution in [2.75, 3.05) is 6.54 Å². The van der Waals surface area contributed by atoms with Crippen LogP contribution in [-0.4, -0.2) is 38.5 Å². The highest BCUT2D eigenvalue weighted by molar-refractivity contribution is 5.84. The van der Waals surface area contributed by atoms with Gasteiger partial charge in [0.05, 0.1) is 5.39 Å². The fraction of sp³-hybridized carbons (Fsp3) is 0.167. The van der Waals surface area contributed by atoms with Gasteiger partial charge in [-0.2, -0.15) is 4.68 Å². The third-order valence-corrected chi connectivity index (χ3v) is 3.87. The number of nitrogens with zero attached hydrogens (tertiary/aromatic N) is 3. The average Bonchev–Trinajstić information content (AvgIpc) is 2.66. The Morgan fingerprint density at radius 1 is 1.08 bits per heavy atom. The predicted molar refractivity (Wildman–Crippen MR) is 93.6 cm³/mol. The summed E-state index contributed by atoms with van der Waals surface area (Å²) in [5, 5.41) is 19.3. The van der Waals surface area contributed by atoms with Crippen molar-refractivity contribution in [2.24, 2.45) is 0 Å². The van der Waals surface area contributed by atoms with Crippen LogP contribution in [0.25, 0.3) is 10.9 Å².